The molecule has 1 aromatic rings. The monoisotopic (exact) mass is 276 g/mol. The van der Waals surface area contributed by atoms with E-state index in [2.05, 4.69) is 15.5 Å². The van der Waals surface area contributed by atoms with E-state index in [-0.39, 0.29) is 11.2 Å². The third-order valence-corrected chi connectivity index (χ3v) is 3.63. The summed E-state index contributed by atoms with van der Waals surface area (Å²) in [6, 6.07) is 7.98. The Kier molecular flexibility index (Phi) is 4.21. The minimum Gasteiger partial charge on any atom is -0.378 e. The topological polar surface area (TPSA) is 57.1 Å². The van der Waals surface area contributed by atoms with E-state index in [4.69, 9.17) is 0 Å². The van der Waals surface area contributed by atoms with Crippen molar-refractivity contribution in [2.24, 2.45) is 10.2 Å². The zero-order valence-corrected chi connectivity index (χ0v) is 11.9. The van der Waals surface area contributed by atoms with E-state index in [0.717, 1.165) is 11.3 Å². The maximum absolute atomic E-state index is 11.2. The van der Waals surface area contributed by atoms with Gasteiger partial charge in [-0.2, -0.15) is 5.10 Å². The number of benzene rings is 1. The van der Waals surface area contributed by atoms with Crippen molar-refractivity contribution in [1.82, 2.24) is 5.32 Å². The standard InChI is InChI=1S/C13H16N4OS/c1-9-12(18)15-13(19-9)16-14-8-10-4-6-11(7-5-10)17(2)3/h4-9H,1-3H3,(H,15,16,18)/b14-8-. The van der Waals surface area contributed by atoms with Crippen LogP contribution in [-0.4, -0.2) is 36.6 Å². The Morgan fingerprint density at radius 1 is 1.32 bits per heavy atom. The number of rotatable bonds is 3. The zero-order valence-electron chi connectivity index (χ0n) is 11.1. The normalized spacial score (nSPS) is 21.1. The van der Waals surface area contributed by atoms with Gasteiger partial charge in [-0.1, -0.05) is 23.9 Å². The lowest BCUT2D eigenvalue weighted by molar-refractivity contribution is -0.118. The third kappa shape index (κ3) is 3.57. The predicted molar refractivity (Wildman–Crippen MR) is 81.0 cm³/mol. The molecule has 19 heavy (non-hydrogen) atoms. The van der Waals surface area contributed by atoms with Crippen LogP contribution < -0.4 is 10.2 Å². The van der Waals surface area contributed by atoms with Gasteiger partial charge in [-0.25, -0.2) is 0 Å². The molecule has 0 radical (unpaired) electrons. The summed E-state index contributed by atoms with van der Waals surface area (Å²) in [4.78, 5) is 13.3. The first-order valence-corrected chi connectivity index (χ1v) is 6.80. The van der Waals surface area contributed by atoms with Crippen LogP contribution in [0.25, 0.3) is 0 Å². The maximum atomic E-state index is 11.2. The summed E-state index contributed by atoms with van der Waals surface area (Å²) in [6.45, 7) is 1.84. The molecule has 2 rings (SSSR count). The van der Waals surface area contributed by atoms with Crippen LogP contribution in [0.5, 0.6) is 0 Å². The van der Waals surface area contributed by atoms with Crippen LogP contribution in [0, 0.1) is 0 Å². The summed E-state index contributed by atoms with van der Waals surface area (Å²) in [7, 11) is 3.99. The van der Waals surface area contributed by atoms with E-state index in [1.54, 1.807) is 6.21 Å². The fourth-order valence-corrected chi connectivity index (χ4v) is 2.27. The molecule has 0 saturated carbocycles. The summed E-state index contributed by atoms with van der Waals surface area (Å²) in [6.07, 6.45) is 1.67. The highest BCUT2D eigenvalue weighted by molar-refractivity contribution is 8.15. The minimum absolute atomic E-state index is 0.0192. The first-order valence-electron chi connectivity index (χ1n) is 5.92. The molecule has 1 saturated heterocycles. The molecular formula is C13H16N4OS. The van der Waals surface area contributed by atoms with Gasteiger partial charge in [0.25, 0.3) is 0 Å². The Labute approximate surface area is 116 Å². The summed E-state index contributed by atoms with van der Waals surface area (Å²) in [5, 5.41) is 11.1. The van der Waals surface area contributed by atoms with E-state index >= 15 is 0 Å². The van der Waals surface area contributed by atoms with Crippen LogP contribution in [0.4, 0.5) is 5.69 Å². The van der Waals surface area contributed by atoms with Crippen molar-refractivity contribution in [1.29, 1.82) is 0 Å². The summed E-state index contributed by atoms with van der Waals surface area (Å²) in [5.41, 5.74) is 2.10. The Morgan fingerprint density at radius 2 is 2.00 bits per heavy atom. The highest BCUT2D eigenvalue weighted by atomic mass is 32.2. The number of amidine groups is 1. The second kappa shape index (κ2) is 5.88. The van der Waals surface area contributed by atoms with E-state index in [9.17, 15) is 4.79 Å². The van der Waals surface area contributed by atoms with Crippen LogP contribution in [0.15, 0.2) is 34.5 Å². The highest BCUT2D eigenvalue weighted by Crippen LogP contribution is 2.18. The molecule has 5 nitrogen and oxygen atoms in total. The summed E-state index contributed by atoms with van der Waals surface area (Å²) < 4.78 is 0. The first kappa shape index (κ1) is 13.6. The lowest BCUT2D eigenvalue weighted by atomic mass is 10.2. The van der Waals surface area contributed by atoms with Crippen molar-refractivity contribution in [2.75, 3.05) is 19.0 Å². The van der Waals surface area contributed by atoms with E-state index in [0.29, 0.717) is 5.17 Å². The quantitative estimate of drug-likeness (QED) is 0.675. The van der Waals surface area contributed by atoms with Gasteiger partial charge in [-0.15, -0.1) is 5.10 Å². The van der Waals surface area contributed by atoms with Crippen molar-refractivity contribution in [3.8, 4) is 0 Å². The van der Waals surface area contributed by atoms with E-state index < -0.39 is 0 Å². The number of amides is 1. The number of nitrogens with one attached hydrogen (secondary N) is 1. The Balaban J connectivity index is 1.99. The second-order valence-corrected chi connectivity index (χ2v) is 5.71. The number of thioether (sulfide) groups is 1. The van der Waals surface area contributed by atoms with Crippen molar-refractivity contribution in [3.63, 3.8) is 0 Å². The van der Waals surface area contributed by atoms with Gasteiger partial charge in [0.1, 0.15) is 0 Å². The molecule has 1 aromatic carbocycles. The molecule has 0 bridgehead atoms. The predicted octanol–water partition coefficient (Wildman–Crippen LogP) is 1.69. The average Bonchev–Trinajstić information content (AvgIpc) is 2.69. The number of nitrogens with zero attached hydrogens (tertiary/aromatic N) is 3. The van der Waals surface area contributed by atoms with Gasteiger partial charge in [-0.3, -0.25) is 4.79 Å². The highest BCUT2D eigenvalue weighted by Gasteiger charge is 2.25. The van der Waals surface area contributed by atoms with Gasteiger partial charge in [0, 0.05) is 19.8 Å². The van der Waals surface area contributed by atoms with Gasteiger partial charge in [0.05, 0.1) is 11.5 Å². The van der Waals surface area contributed by atoms with Gasteiger partial charge < -0.3 is 10.2 Å². The van der Waals surface area contributed by atoms with Crippen molar-refractivity contribution < 1.29 is 4.79 Å². The largest absolute Gasteiger partial charge is 0.378 e. The van der Waals surface area contributed by atoms with Crippen molar-refractivity contribution in [3.05, 3.63) is 29.8 Å². The molecule has 1 heterocycles. The molecule has 1 atom stereocenters. The molecule has 6 heteroatoms. The van der Waals surface area contributed by atoms with Gasteiger partial charge in [-0.05, 0) is 24.6 Å². The minimum atomic E-state index is -0.0895. The fraction of sp³-hybridized carbons (Fsp3) is 0.308. The molecule has 0 spiro atoms. The lowest BCUT2D eigenvalue weighted by Gasteiger charge is -2.11. The molecule has 1 amide bonds. The van der Waals surface area contributed by atoms with Gasteiger partial charge in [0.2, 0.25) is 5.91 Å². The molecule has 1 aliphatic rings. The number of hydrogen-bond acceptors (Lipinski definition) is 5. The van der Waals surface area contributed by atoms with E-state index in [1.807, 2.05) is 50.2 Å². The molecule has 1 aliphatic heterocycles. The van der Waals surface area contributed by atoms with Crippen LogP contribution in [0.1, 0.15) is 12.5 Å². The van der Waals surface area contributed by atoms with Gasteiger partial charge >= 0.3 is 0 Å². The SMILES string of the molecule is CC1S/C(=N/N=C\c2ccc(N(C)C)cc2)NC1=O. The molecular weight excluding hydrogens is 260 g/mol. The fourth-order valence-electron chi connectivity index (χ4n) is 1.51. The Bertz CT molecular complexity index is 522. The summed E-state index contributed by atoms with van der Waals surface area (Å²) >= 11 is 1.38. The van der Waals surface area contributed by atoms with Crippen LogP contribution in [0.3, 0.4) is 0 Å². The summed E-state index contributed by atoms with van der Waals surface area (Å²) in [5.74, 6) is -0.0192. The van der Waals surface area contributed by atoms with Crippen molar-refractivity contribution in [2.45, 2.75) is 12.2 Å². The van der Waals surface area contributed by atoms with Gasteiger partial charge in [0.15, 0.2) is 5.17 Å². The second-order valence-electron chi connectivity index (χ2n) is 4.39. The molecule has 100 valence electrons. The Hall–Kier alpha value is -1.82. The average molecular weight is 276 g/mol. The van der Waals surface area contributed by atoms with E-state index in [1.165, 1.54) is 11.8 Å². The maximum Gasteiger partial charge on any atom is 0.239 e. The Morgan fingerprint density at radius 3 is 2.53 bits per heavy atom. The molecule has 1 fully saturated rings. The molecule has 1 N–H and O–H groups in total. The van der Waals surface area contributed by atoms with Crippen LogP contribution >= 0.6 is 11.8 Å². The van der Waals surface area contributed by atoms with Crippen molar-refractivity contribution >= 4 is 34.7 Å². The first-order chi connectivity index (χ1) is 9.06. The molecule has 0 aliphatic carbocycles. The number of carbonyl (C=O) groups is 1. The van der Waals surface area contributed by atoms with Crippen LogP contribution in [0.2, 0.25) is 0 Å². The zero-order chi connectivity index (χ0) is 13.8. The lowest BCUT2D eigenvalue weighted by Crippen LogP contribution is -2.23. The molecule has 1 unspecified atom stereocenters. The number of hydrogen-bond donors (Lipinski definition) is 1. The number of carbonyl (C=O) groups excluding carboxylic acids is 1. The van der Waals surface area contributed by atoms with Crippen LogP contribution in [-0.2, 0) is 4.79 Å². The smallest absolute Gasteiger partial charge is 0.239 e. The molecule has 0 aromatic heterocycles. The number of anilines is 1. The third-order valence-electron chi connectivity index (χ3n) is 2.65.